The minimum Gasteiger partial charge on any atom is -0.315 e. The molecule has 1 aromatic rings. The minimum absolute atomic E-state index is 0. The summed E-state index contributed by atoms with van der Waals surface area (Å²) in [5, 5.41) is 3.21. The number of carbonyl (C=O) groups is 1. The molecular weight excluding hydrogens is 338 g/mol. The molecule has 1 aromatic carbocycles. The number of nitrogens with one attached hydrogen (secondary N) is 1. The molecule has 6 nitrogen and oxygen atoms in total. The molecule has 0 atom stereocenters. The van der Waals surface area contributed by atoms with Crippen molar-refractivity contribution < 1.29 is 13.2 Å². The Morgan fingerprint density at radius 1 is 1.17 bits per heavy atom. The maximum atomic E-state index is 12.8. The van der Waals surface area contributed by atoms with Gasteiger partial charge >= 0.3 is 0 Å². The van der Waals surface area contributed by atoms with Crippen LogP contribution in [-0.2, 0) is 21.2 Å². The number of sulfonamides is 1. The molecule has 3 rings (SSSR count). The third-order valence-corrected chi connectivity index (χ3v) is 6.16. The Bertz CT molecular complexity index is 685. The number of nitrogens with zero attached hydrogens (tertiary/aromatic N) is 2. The summed E-state index contributed by atoms with van der Waals surface area (Å²) in [5.74, 6) is -0.0488. The quantitative estimate of drug-likeness (QED) is 0.855. The number of hydrogen-bond acceptors (Lipinski definition) is 4. The summed E-state index contributed by atoms with van der Waals surface area (Å²) in [6, 6.07) is 5.15. The van der Waals surface area contributed by atoms with E-state index in [1.165, 1.54) is 11.2 Å². The van der Waals surface area contributed by atoms with Gasteiger partial charge in [0.25, 0.3) is 0 Å². The zero-order valence-corrected chi connectivity index (χ0v) is 14.8. The van der Waals surface area contributed by atoms with Crippen molar-refractivity contribution >= 4 is 34.0 Å². The first-order valence-corrected chi connectivity index (χ1v) is 9.06. The van der Waals surface area contributed by atoms with E-state index in [2.05, 4.69) is 5.32 Å². The average Bonchev–Trinajstić information content (AvgIpc) is 2.71. The van der Waals surface area contributed by atoms with Crippen LogP contribution < -0.4 is 10.2 Å². The lowest BCUT2D eigenvalue weighted by atomic mass is 10.2. The second kappa shape index (κ2) is 7.17. The molecule has 2 aliphatic rings. The molecule has 128 valence electrons. The van der Waals surface area contributed by atoms with Crippen LogP contribution in [0, 0.1) is 0 Å². The number of rotatable bonds is 2. The minimum atomic E-state index is -3.50. The first-order valence-electron chi connectivity index (χ1n) is 7.62. The number of fused-ring (bicyclic) bond motifs is 1. The maximum Gasteiger partial charge on any atom is 0.243 e. The fourth-order valence-electron chi connectivity index (χ4n) is 3.06. The van der Waals surface area contributed by atoms with Gasteiger partial charge < -0.3 is 10.2 Å². The van der Waals surface area contributed by atoms with Crippen LogP contribution in [0.15, 0.2) is 23.1 Å². The molecule has 1 fully saturated rings. The molecular formula is C15H22ClN3O3S. The van der Waals surface area contributed by atoms with Crippen molar-refractivity contribution in [3.05, 3.63) is 23.8 Å². The van der Waals surface area contributed by atoms with Crippen molar-refractivity contribution in [1.29, 1.82) is 0 Å². The first kappa shape index (κ1) is 18.2. The smallest absolute Gasteiger partial charge is 0.243 e. The van der Waals surface area contributed by atoms with Crippen molar-refractivity contribution in [2.45, 2.75) is 24.7 Å². The molecule has 2 aliphatic heterocycles. The first-order chi connectivity index (χ1) is 10.5. The van der Waals surface area contributed by atoms with E-state index in [-0.39, 0.29) is 23.2 Å². The van der Waals surface area contributed by atoms with Crippen LogP contribution in [0.5, 0.6) is 0 Å². The van der Waals surface area contributed by atoms with E-state index in [4.69, 9.17) is 0 Å². The fraction of sp³-hybridized carbons (Fsp3) is 0.533. The molecule has 1 N–H and O–H groups in total. The summed E-state index contributed by atoms with van der Waals surface area (Å²) < 4.78 is 27.2. The Morgan fingerprint density at radius 2 is 1.96 bits per heavy atom. The van der Waals surface area contributed by atoms with Crippen molar-refractivity contribution in [3.63, 3.8) is 0 Å². The van der Waals surface area contributed by atoms with Crippen molar-refractivity contribution in [2.24, 2.45) is 0 Å². The molecule has 2 heterocycles. The van der Waals surface area contributed by atoms with E-state index < -0.39 is 10.0 Å². The third kappa shape index (κ3) is 3.52. The fourth-order valence-corrected chi connectivity index (χ4v) is 4.56. The Morgan fingerprint density at radius 3 is 2.70 bits per heavy atom. The van der Waals surface area contributed by atoms with Gasteiger partial charge in [-0.15, -0.1) is 12.4 Å². The largest absolute Gasteiger partial charge is 0.315 e. The molecule has 8 heteroatoms. The van der Waals surface area contributed by atoms with Gasteiger partial charge in [0.2, 0.25) is 15.9 Å². The molecule has 0 saturated carbocycles. The summed E-state index contributed by atoms with van der Waals surface area (Å²) in [6.45, 7) is 4.66. The number of halogens is 1. The van der Waals surface area contributed by atoms with E-state index in [1.807, 2.05) is 6.07 Å². The molecule has 0 bridgehead atoms. The lowest BCUT2D eigenvalue weighted by molar-refractivity contribution is -0.116. The molecule has 0 unspecified atom stereocenters. The predicted octanol–water partition coefficient (Wildman–Crippen LogP) is 1.00. The summed E-state index contributed by atoms with van der Waals surface area (Å²) in [7, 11) is -3.50. The van der Waals surface area contributed by atoms with Gasteiger partial charge in [-0.3, -0.25) is 4.79 Å². The lowest BCUT2D eigenvalue weighted by Gasteiger charge is -2.21. The SMILES string of the molecule is CC(=O)N1CCc2ccc(S(=O)(=O)N3CCCNCC3)cc21.Cl. The molecule has 0 radical (unpaired) electrons. The van der Waals surface area contributed by atoms with Crippen LogP contribution in [0.4, 0.5) is 5.69 Å². The van der Waals surface area contributed by atoms with Crippen LogP contribution in [-0.4, -0.2) is 51.4 Å². The zero-order chi connectivity index (χ0) is 15.7. The average molecular weight is 360 g/mol. The third-order valence-electron chi connectivity index (χ3n) is 4.27. The second-order valence-electron chi connectivity index (χ2n) is 5.72. The highest BCUT2D eigenvalue weighted by atomic mass is 35.5. The number of benzene rings is 1. The van der Waals surface area contributed by atoms with E-state index in [0.717, 1.165) is 30.6 Å². The Kier molecular flexibility index (Phi) is 5.67. The monoisotopic (exact) mass is 359 g/mol. The molecule has 23 heavy (non-hydrogen) atoms. The molecule has 0 spiro atoms. The van der Waals surface area contributed by atoms with Gasteiger partial charge in [0.05, 0.1) is 4.90 Å². The number of amides is 1. The van der Waals surface area contributed by atoms with Gasteiger partial charge in [-0.05, 0) is 37.1 Å². The lowest BCUT2D eigenvalue weighted by Crippen LogP contribution is -2.34. The Hall–Kier alpha value is -1.15. The van der Waals surface area contributed by atoms with Crippen LogP contribution in [0.1, 0.15) is 18.9 Å². The Balaban J connectivity index is 0.00000192. The van der Waals surface area contributed by atoms with Gasteiger partial charge in [0.1, 0.15) is 0 Å². The number of carbonyl (C=O) groups excluding carboxylic acids is 1. The van der Waals surface area contributed by atoms with Crippen LogP contribution in [0.25, 0.3) is 0 Å². The van der Waals surface area contributed by atoms with E-state index >= 15 is 0 Å². The summed E-state index contributed by atoms with van der Waals surface area (Å²) in [4.78, 5) is 13.6. The summed E-state index contributed by atoms with van der Waals surface area (Å²) in [5.41, 5.74) is 1.77. The number of anilines is 1. The van der Waals surface area contributed by atoms with Crippen LogP contribution >= 0.6 is 12.4 Å². The van der Waals surface area contributed by atoms with Crippen LogP contribution in [0.2, 0.25) is 0 Å². The highest BCUT2D eigenvalue weighted by molar-refractivity contribution is 7.89. The maximum absolute atomic E-state index is 12.8. The normalized spacial score (nSPS) is 18.9. The highest BCUT2D eigenvalue weighted by Crippen LogP contribution is 2.31. The zero-order valence-electron chi connectivity index (χ0n) is 13.1. The van der Waals surface area contributed by atoms with E-state index in [1.54, 1.807) is 17.0 Å². The van der Waals surface area contributed by atoms with Crippen molar-refractivity contribution in [3.8, 4) is 0 Å². The molecule has 0 aliphatic carbocycles. The van der Waals surface area contributed by atoms with Gasteiger partial charge in [-0.2, -0.15) is 4.31 Å². The van der Waals surface area contributed by atoms with Crippen LogP contribution in [0.3, 0.4) is 0 Å². The van der Waals surface area contributed by atoms with Gasteiger partial charge in [-0.1, -0.05) is 6.07 Å². The van der Waals surface area contributed by atoms with Gasteiger partial charge in [-0.25, -0.2) is 8.42 Å². The summed E-state index contributed by atoms with van der Waals surface area (Å²) >= 11 is 0. The molecule has 1 amide bonds. The summed E-state index contributed by atoms with van der Waals surface area (Å²) in [6.07, 6.45) is 1.59. The second-order valence-corrected chi connectivity index (χ2v) is 7.66. The standard InChI is InChI=1S/C15H21N3O3S.ClH/c1-12(19)18-9-5-13-3-4-14(11-15(13)18)22(20,21)17-8-2-6-16-7-10-17;/h3-4,11,16H,2,5-10H2,1H3;1H. The topological polar surface area (TPSA) is 69.7 Å². The predicted molar refractivity (Wildman–Crippen MR) is 91.7 cm³/mol. The highest BCUT2D eigenvalue weighted by Gasteiger charge is 2.28. The molecule has 0 aromatic heterocycles. The van der Waals surface area contributed by atoms with Gasteiger partial charge in [0, 0.05) is 38.8 Å². The molecule has 1 saturated heterocycles. The number of hydrogen-bond donors (Lipinski definition) is 1. The van der Waals surface area contributed by atoms with Crippen molar-refractivity contribution in [2.75, 3.05) is 37.6 Å². The van der Waals surface area contributed by atoms with Crippen molar-refractivity contribution in [1.82, 2.24) is 9.62 Å². The van der Waals surface area contributed by atoms with E-state index in [9.17, 15) is 13.2 Å². The van der Waals surface area contributed by atoms with E-state index in [0.29, 0.717) is 26.2 Å². The Labute approximate surface area is 143 Å². The van der Waals surface area contributed by atoms with Gasteiger partial charge in [0.15, 0.2) is 0 Å².